The molecule has 3 N–H and O–H groups in total. The molecule has 1 aromatic rings. The van der Waals surface area contributed by atoms with Gasteiger partial charge < -0.3 is 15.6 Å². The molecule has 0 aliphatic heterocycles. The molecule has 7 nitrogen and oxygen atoms in total. The van der Waals surface area contributed by atoms with E-state index in [4.69, 9.17) is 5.73 Å². The van der Waals surface area contributed by atoms with Crippen LogP contribution in [0.25, 0.3) is 0 Å². The van der Waals surface area contributed by atoms with Crippen molar-refractivity contribution >= 4 is 21.9 Å². The normalized spacial score (nSPS) is 12.9. The first-order chi connectivity index (χ1) is 9.63. The zero-order valence-electron chi connectivity index (χ0n) is 11.8. The Morgan fingerprint density at radius 2 is 1.90 bits per heavy atom. The number of nitrogens with one attached hydrogen (secondary N) is 1. The first-order valence-electron chi connectivity index (χ1n) is 6.22. The molecule has 116 valence electrons. The SMILES string of the molecule is Cc1ccc(S(=O)(=O)N[C@@H](CCC(N)=O)C(=O)[O-])cc1C. The number of benzene rings is 1. The van der Waals surface area contributed by atoms with Gasteiger partial charge in [0.2, 0.25) is 15.9 Å². The van der Waals surface area contributed by atoms with E-state index in [9.17, 15) is 23.1 Å². The topological polar surface area (TPSA) is 129 Å². The number of hydrogen-bond donors (Lipinski definition) is 2. The van der Waals surface area contributed by atoms with Crippen LogP contribution in [0.4, 0.5) is 0 Å². The highest BCUT2D eigenvalue weighted by Gasteiger charge is 2.21. The number of carboxylic acids is 1. The van der Waals surface area contributed by atoms with E-state index in [0.29, 0.717) is 0 Å². The number of hydrogen-bond acceptors (Lipinski definition) is 5. The van der Waals surface area contributed by atoms with Crippen molar-refractivity contribution in [3.05, 3.63) is 29.3 Å². The van der Waals surface area contributed by atoms with E-state index < -0.39 is 27.9 Å². The van der Waals surface area contributed by atoms with Crippen molar-refractivity contribution in [1.29, 1.82) is 0 Å². The lowest BCUT2D eigenvalue weighted by atomic mass is 10.1. The molecule has 1 rings (SSSR count). The number of aliphatic carboxylic acids is 1. The molecule has 0 bridgehead atoms. The smallest absolute Gasteiger partial charge is 0.241 e. The van der Waals surface area contributed by atoms with Crippen molar-refractivity contribution in [2.24, 2.45) is 5.73 Å². The zero-order chi connectivity index (χ0) is 16.2. The summed E-state index contributed by atoms with van der Waals surface area (Å²) in [6.07, 6.45) is -0.518. The van der Waals surface area contributed by atoms with Crippen LogP contribution in [0.2, 0.25) is 0 Å². The van der Waals surface area contributed by atoms with E-state index in [1.807, 2.05) is 11.6 Å². The molecule has 1 amide bonds. The van der Waals surface area contributed by atoms with E-state index in [2.05, 4.69) is 0 Å². The van der Waals surface area contributed by atoms with Crippen LogP contribution >= 0.6 is 0 Å². The van der Waals surface area contributed by atoms with Crippen molar-refractivity contribution in [3.8, 4) is 0 Å². The van der Waals surface area contributed by atoms with E-state index >= 15 is 0 Å². The van der Waals surface area contributed by atoms with E-state index in [1.54, 1.807) is 13.0 Å². The molecule has 0 aliphatic carbocycles. The number of carboxylic acid groups (broad SMARTS) is 1. The van der Waals surface area contributed by atoms with Crippen LogP contribution in [-0.4, -0.2) is 26.3 Å². The van der Waals surface area contributed by atoms with Gasteiger partial charge >= 0.3 is 0 Å². The molecule has 0 saturated carbocycles. The summed E-state index contributed by atoms with van der Waals surface area (Å²) in [7, 11) is -4.01. The number of amides is 1. The zero-order valence-corrected chi connectivity index (χ0v) is 12.6. The van der Waals surface area contributed by atoms with Gasteiger partial charge in [-0.05, 0) is 43.5 Å². The molecule has 1 atom stereocenters. The van der Waals surface area contributed by atoms with Crippen LogP contribution in [0.3, 0.4) is 0 Å². The maximum absolute atomic E-state index is 12.1. The Bertz CT molecular complexity index is 655. The van der Waals surface area contributed by atoms with Gasteiger partial charge in [-0.3, -0.25) is 4.79 Å². The van der Waals surface area contributed by atoms with Crippen LogP contribution in [0.15, 0.2) is 23.1 Å². The minimum absolute atomic E-state index is 0.0454. The maximum atomic E-state index is 12.1. The van der Waals surface area contributed by atoms with Gasteiger partial charge in [0.15, 0.2) is 0 Å². The minimum atomic E-state index is -4.01. The molecule has 8 heteroatoms. The molecule has 0 aliphatic rings. The minimum Gasteiger partial charge on any atom is -0.548 e. The molecule has 0 unspecified atom stereocenters. The predicted molar refractivity (Wildman–Crippen MR) is 73.5 cm³/mol. The van der Waals surface area contributed by atoms with Crippen LogP contribution in [-0.2, 0) is 19.6 Å². The molecule has 21 heavy (non-hydrogen) atoms. The molecular weight excluding hydrogens is 296 g/mol. The molecule has 0 aromatic heterocycles. The number of nitrogens with two attached hydrogens (primary N) is 1. The highest BCUT2D eigenvalue weighted by molar-refractivity contribution is 7.89. The Morgan fingerprint density at radius 1 is 1.29 bits per heavy atom. The Morgan fingerprint density at radius 3 is 2.38 bits per heavy atom. The fraction of sp³-hybridized carbons (Fsp3) is 0.385. The molecular formula is C13H17N2O5S-. The van der Waals surface area contributed by atoms with Crippen molar-refractivity contribution in [2.45, 2.75) is 37.6 Å². The fourth-order valence-corrected chi connectivity index (χ4v) is 2.95. The highest BCUT2D eigenvalue weighted by Crippen LogP contribution is 2.15. The molecule has 0 spiro atoms. The van der Waals surface area contributed by atoms with E-state index in [0.717, 1.165) is 11.1 Å². The van der Waals surface area contributed by atoms with Crippen LogP contribution in [0.5, 0.6) is 0 Å². The number of carbonyl (C=O) groups is 2. The standard InChI is InChI=1S/C13H18N2O5S/c1-8-3-4-10(7-9(8)2)21(19,20)15-11(13(17)18)5-6-12(14)16/h3-4,7,11,15H,5-6H2,1-2H3,(H2,14,16)(H,17,18)/p-1/t11-/m0/s1. The Balaban J connectivity index is 2.97. The Labute approximate surface area is 123 Å². The Hall–Kier alpha value is -1.93. The Kier molecular flexibility index (Phi) is 5.45. The largest absolute Gasteiger partial charge is 0.548 e. The lowest BCUT2D eigenvalue weighted by Gasteiger charge is -2.19. The van der Waals surface area contributed by atoms with Gasteiger partial charge in [-0.15, -0.1) is 0 Å². The summed E-state index contributed by atoms with van der Waals surface area (Å²) < 4.78 is 26.3. The van der Waals surface area contributed by atoms with Gasteiger partial charge in [-0.2, -0.15) is 0 Å². The summed E-state index contributed by atoms with van der Waals surface area (Å²) in [5, 5.41) is 11.0. The van der Waals surface area contributed by atoms with Gasteiger partial charge in [0.25, 0.3) is 0 Å². The second-order valence-electron chi connectivity index (χ2n) is 4.74. The third-order valence-electron chi connectivity index (χ3n) is 3.05. The summed E-state index contributed by atoms with van der Waals surface area (Å²) in [5.41, 5.74) is 6.60. The molecule has 0 saturated heterocycles. The second-order valence-corrected chi connectivity index (χ2v) is 6.46. The van der Waals surface area contributed by atoms with Crippen LogP contribution in [0.1, 0.15) is 24.0 Å². The molecule has 0 fully saturated rings. The summed E-state index contributed by atoms with van der Waals surface area (Å²) in [4.78, 5) is 21.6. The summed E-state index contributed by atoms with van der Waals surface area (Å²) >= 11 is 0. The van der Waals surface area contributed by atoms with Crippen molar-refractivity contribution < 1.29 is 23.1 Å². The second kappa shape index (κ2) is 6.68. The molecule has 0 heterocycles. The van der Waals surface area contributed by atoms with Crippen molar-refractivity contribution in [2.75, 3.05) is 0 Å². The molecule has 1 aromatic carbocycles. The number of carbonyl (C=O) groups excluding carboxylic acids is 2. The van der Waals surface area contributed by atoms with Gasteiger partial charge in [-0.25, -0.2) is 13.1 Å². The average Bonchev–Trinajstić information content (AvgIpc) is 2.37. The average molecular weight is 313 g/mol. The third kappa shape index (κ3) is 4.83. The lowest BCUT2D eigenvalue weighted by molar-refractivity contribution is -0.308. The summed E-state index contributed by atoms with van der Waals surface area (Å²) in [6.45, 7) is 3.58. The van der Waals surface area contributed by atoms with Gasteiger partial charge in [0, 0.05) is 6.42 Å². The molecule has 0 radical (unpaired) electrons. The summed E-state index contributed by atoms with van der Waals surface area (Å²) in [5.74, 6) is -2.32. The predicted octanol–water partition coefficient (Wildman–Crippen LogP) is -1.03. The lowest BCUT2D eigenvalue weighted by Crippen LogP contribution is -2.48. The van der Waals surface area contributed by atoms with Crippen LogP contribution in [0, 0.1) is 13.8 Å². The maximum Gasteiger partial charge on any atom is 0.241 e. The number of primary amides is 1. The third-order valence-corrected chi connectivity index (χ3v) is 4.52. The van der Waals surface area contributed by atoms with Gasteiger partial charge in [0.05, 0.1) is 16.9 Å². The van der Waals surface area contributed by atoms with Crippen molar-refractivity contribution in [3.63, 3.8) is 0 Å². The number of sulfonamides is 1. The van der Waals surface area contributed by atoms with E-state index in [-0.39, 0.29) is 17.7 Å². The fourth-order valence-electron chi connectivity index (χ4n) is 1.65. The monoisotopic (exact) mass is 313 g/mol. The highest BCUT2D eigenvalue weighted by atomic mass is 32.2. The first-order valence-corrected chi connectivity index (χ1v) is 7.70. The quantitative estimate of drug-likeness (QED) is 0.664. The van der Waals surface area contributed by atoms with Gasteiger partial charge in [0.1, 0.15) is 0 Å². The van der Waals surface area contributed by atoms with Gasteiger partial charge in [-0.1, -0.05) is 6.07 Å². The van der Waals surface area contributed by atoms with Crippen LogP contribution < -0.4 is 15.6 Å². The first kappa shape index (κ1) is 17.1. The number of aryl methyl sites for hydroxylation is 2. The summed E-state index contributed by atoms with van der Waals surface area (Å²) in [6, 6.07) is 2.94. The van der Waals surface area contributed by atoms with Crippen molar-refractivity contribution in [1.82, 2.24) is 4.72 Å². The van der Waals surface area contributed by atoms with E-state index in [1.165, 1.54) is 12.1 Å². The number of rotatable bonds is 7.